The summed E-state index contributed by atoms with van der Waals surface area (Å²) in [6.45, 7) is 6.25. The molecule has 1 amide bonds. The van der Waals surface area contributed by atoms with Gasteiger partial charge in [-0.25, -0.2) is 4.79 Å². The van der Waals surface area contributed by atoms with Crippen LogP contribution in [-0.2, 0) is 9.59 Å². The van der Waals surface area contributed by atoms with Gasteiger partial charge in [0.25, 0.3) is 0 Å². The molecule has 1 saturated heterocycles. The summed E-state index contributed by atoms with van der Waals surface area (Å²) in [7, 11) is 0. The molecule has 1 fully saturated rings. The second-order valence-electron chi connectivity index (χ2n) is 4.94. The Morgan fingerprint density at radius 1 is 1.39 bits per heavy atom. The molecule has 0 aromatic heterocycles. The van der Waals surface area contributed by atoms with Gasteiger partial charge in [0.1, 0.15) is 5.54 Å². The molecule has 0 radical (unpaired) electrons. The van der Waals surface area contributed by atoms with E-state index in [4.69, 9.17) is 0 Å². The first-order valence-electron chi connectivity index (χ1n) is 6.71. The van der Waals surface area contributed by atoms with Gasteiger partial charge in [-0.3, -0.25) is 4.79 Å². The molecule has 102 valence electrons. The summed E-state index contributed by atoms with van der Waals surface area (Å²) in [6.07, 6.45) is 5.30. The smallest absolute Gasteiger partial charge is 0.329 e. The van der Waals surface area contributed by atoms with Crippen molar-refractivity contribution in [2.45, 2.75) is 58.4 Å². The fraction of sp³-hybridized carbons (Fsp3) is 0.714. The van der Waals surface area contributed by atoms with Gasteiger partial charge < -0.3 is 10.0 Å². The standard InChI is InChI=1S/C14H23NO3/c1-4-7-11(3)12(16)15-10-6-9-14(15,8-5-2)13(17)18/h7H,4-6,8-10H2,1-3H3,(H,17,18). The van der Waals surface area contributed by atoms with Crippen molar-refractivity contribution < 1.29 is 14.7 Å². The summed E-state index contributed by atoms with van der Waals surface area (Å²) in [6, 6.07) is 0. The SMILES string of the molecule is CCC=C(C)C(=O)N1CCCC1(CCC)C(=O)O. The molecule has 1 atom stereocenters. The molecule has 18 heavy (non-hydrogen) atoms. The number of aliphatic carboxylic acids is 1. The normalized spacial score (nSPS) is 24.4. The van der Waals surface area contributed by atoms with Crippen LogP contribution in [-0.4, -0.2) is 34.0 Å². The van der Waals surface area contributed by atoms with Crippen LogP contribution in [0, 0.1) is 0 Å². The first-order valence-corrected chi connectivity index (χ1v) is 6.71. The average molecular weight is 253 g/mol. The van der Waals surface area contributed by atoms with Gasteiger partial charge in [-0.1, -0.05) is 26.3 Å². The second-order valence-corrected chi connectivity index (χ2v) is 4.94. The van der Waals surface area contributed by atoms with E-state index in [-0.39, 0.29) is 5.91 Å². The molecule has 4 heteroatoms. The number of carbonyl (C=O) groups excluding carboxylic acids is 1. The van der Waals surface area contributed by atoms with Crippen LogP contribution in [0.1, 0.15) is 52.9 Å². The van der Waals surface area contributed by atoms with E-state index >= 15 is 0 Å². The van der Waals surface area contributed by atoms with E-state index in [1.54, 1.807) is 11.8 Å². The molecular weight excluding hydrogens is 230 g/mol. The molecular formula is C14H23NO3. The molecule has 0 spiro atoms. The lowest BCUT2D eigenvalue weighted by Gasteiger charge is -2.35. The molecule has 1 N–H and O–H groups in total. The van der Waals surface area contributed by atoms with E-state index < -0.39 is 11.5 Å². The van der Waals surface area contributed by atoms with Gasteiger partial charge in [0.15, 0.2) is 0 Å². The van der Waals surface area contributed by atoms with Crippen LogP contribution in [0.3, 0.4) is 0 Å². The minimum Gasteiger partial charge on any atom is -0.479 e. The maximum atomic E-state index is 12.3. The predicted molar refractivity (Wildman–Crippen MR) is 70.3 cm³/mol. The van der Waals surface area contributed by atoms with Crippen molar-refractivity contribution in [3.8, 4) is 0 Å². The molecule has 1 heterocycles. The zero-order valence-corrected chi connectivity index (χ0v) is 11.5. The number of carbonyl (C=O) groups is 2. The van der Waals surface area contributed by atoms with E-state index in [2.05, 4.69) is 0 Å². The minimum absolute atomic E-state index is 0.120. The Hall–Kier alpha value is -1.32. The molecule has 1 aliphatic rings. The number of likely N-dealkylation sites (tertiary alicyclic amines) is 1. The van der Waals surface area contributed by atoms with Crippen LogP contribution >= 0.6 is 0 Å². The van der Waals surface area contributed by atoms with Crippen LogP contribution < -0.4 is 0 Å². The highest BCUT2D eigenvalue weighted by molar-refractivity contribution is 5.97. The lowest BCUT2D eigenvalue weighted by atomic mass is 9.90. The largest absolute Gasteiger partial charge is 0.479 e. The highest BCUT2D eigenvalue weighted by Crippen LogP contribution is 2.35. The maximum absolute atomic E-state index is 12.3. The lowest BCUT2D eigenvalue weighted by Crippen LogP contribution is -2.53. The van der Waals surface area contributed by atoms with Crippen LogP contribution in [0.25, 0.3) is 0 Å². The van der Waals surface area contributed by atoms with Gasteiger partial charge in [-0.05, 0) is 32.6 Å². The first-order chi connectivity index (χ1) is 8.49. The third kappa shape index (κ3) is 2.57. The second kappa shape index (κ2) is 6.03. The molecule has 1 aliphatic heterocycles. The van der Waals surface area contributed by atoms with Gasteiger partial charge in [0.2, 0.25) is 5.91 Å². The summed E-state index contributed by atoms with van der Waals surface area (Å²) >= 11 is 0. The highest BCUT2D eigenvalue weighted by atomic mass is 16.4. The minimum atomic E-state index is -0.978. The maximum Gasteiger partial charge on any atom is 0.329 e. The fourth-order valence-electron chi connectivity index (χ4n) is 2.78. The van der Waals surface area contributed by atoms with E-state index in [9.17, 15) is 14.7 Å². The number of rotatable bonds is 5. The van der Waals surface area contributed by atoms with Gasteiger partial charge in [-0.2, -0.15) is 0 Å². The van der Waals surface area contributed by atoms with Crippen LogP contribution in [0.5, 0.6) is 0 Å². The molecule has 0 aliphatic carbocycles. The third-order valence-corrected chi connectivity index (χ3v) is 3.64. The monoisotopic (exact) mass is 253 g/mol. The molecule has 0 aromatic rings. The number of hydrogen-bond donors (Lipinski definition) is 1. The van der Waals surface area contributed by atoms with Crippen molar-refractivity contribution in [2.24, 2.45) is 0 Å². The first kappa shape index (κ1) is 14.7. The Bertz CT molecular complexity index is 362. The molecule has 1 unspecified atom stereocenters. The Balaban J connectivity index is 3.02. The quantitative estimate of drug-likeness (QED) is 0.766. The fourth-order valence-corrected chi connectivity index (χ4v) is 2.78. The van der Waals surface area contributed by atoms with E-state index in [0.717, 1.165) is 19.3 Å². The zero-order valence-electron chi connectivity index (χ0n) is 11.5. The van der Waals surface area contributed by atoms with Crippen LogP contribution in [0.4, 0.5) is 0 Å². The molecule has 0 aromatic carbocycles. The summed E-state index contributed by atoms with van der Waals surface area (Å²) in [4.78, 5) is 25.5. The lowest BCUT2D eigenvalue weighted by molar-refractivity contribution is -0.155. The third-order valence-electron chi connectivity index (χ3n) is 3.64. The average Bonchev–Trinajstić information content (AvgIpc) is 2.74. The van der Waals surface area contributed by atoms with E-state index in [1.165, 1.54) is 0 Å². The van der Waals surface area contributed by atoms with E-state index in [1.807, 2.05) is 19.9 Å². The number of carboxylic acids is 1. The molecule has 0 saturated carbocycles. The van der Waals surface area contributed by atoms with Gasteiger partial charge >= 0.3 is 5.97 Å². The van der Waals surface area contributed by atoms with Crippen molar-refractivity contribution in [3.63, 3.8) is 0 Å². The summed E-state index contributed by atoms with van der Waals surface area (Å²) < 4.78 is 0. The van der Waals surface area contributed by atoms with Crippen molar-refractivity contribution in [1.29, 1.82) is 0 Å². The Labute approximate surface area is 109 Å². The summed E-state index contributed by atoms with van der Waals surface area (Å²) in [5.41, 5.74) is -0.324. The number of allylic oxidation sites excluding steroid dienone is 1. The van der Waals surface area contributed by atoms with Gasteiger partial charge in [0, 0.05) is 12.1 Å². The van der Waals surface area contributed by atoms with Crippen molar-refractivity contribution >= 4 is 11.9 Å². The number of nitrogens with zero attached hydrogens (tertiary/aromatic N) is 1. The molecule has 4 nitrogen and oxygen atoms in total. The predicted octanol–water partition coefficient (Wildman–Crippen LogP) is 2.59. The number of carboxylic acid groups (broad SMARTS) is 1. The molecule has 0 bridgehead atoms. The van der Waals surface area contributed by atoms with Crippen LogP contribution in [0.2, 0.25) is 0 Å². The Morgan fingerprint density at radius 3 is 2.56 bits per heavy atom. The van der Waals surface area contributed by atoms with Crippen LogP contribution in [0.15, 0.2) is 11.6 Å². The molecule has 1 rings (SSSR count). The Morgan fingerprint density at radius 2 is 2.06 bits per heavy atom. The van der Waals surface area contributed by atoms with Gasteiger partial charge in [-0.15, -0.1) is 0 Å². The summed E-state index contributed by atoms with van der Waals surface area (Å²) in [5.74, 6) is -0.982. The van der Waals surface area contributed by atoms with Crippen molar-refractivity contribution in [3.05, 3.63) is 11.6 Å². The van der Waals surface area contributed by atoms with Crippen molar-refractivity contribution in [1.82, 2.24) is 4.90 Å². The topological polar surface area (TPSA) is 57.6 Å². The van der Waals surface area contributed by atoms with Crippen molar-refractivity contribution in [2.75, 3.05) is 6.54 Å². The summed E-state index contributed by atoms with van der Waals surface area (Å²) in [5, 5.41) is 9.51. The number of hydrogen-bond acceptors (Lipinski definition) is 2. The Kier molecular flexibility index (Phi) is 4.93. The van der Waals surface area contributed by atoms with Gasteiger partial charge in [0.05, 0.1) is 0 Å². The van der Waals surface area contributed by atoms with E-state index in [0.29, 0.717) is 25.0 Å². The zero-order chi connectivity index (χ0) is 13.8. The number of amides is 1. The highest BCUT2D eigenvalue weighted by Gasteiger charge is 2.49.